The van der Waals surface area contributed by atoms with Gasteiger partial charge in [-0.2, -0.15) is 0 Å². The van der Waals surface area contributed by atoms with Crippen molar-refractivity contribution in [2.45, 2.75) is 38.8 Å². The maximum absolute atomic E-state index is 6.45. The molecule has 1 aromatic rings. The molecular weight excluding hydrogens is 254 g/mol. The quantitative estimate of drug-likeness (QED) is 0.920. The summed E-state index contributed by atoms with van der Waals surface area (Å²) in [6.45, 7) is 9.06. The van der Waals surface area contributed by atoms with Gasteiger partial charge in [-0.3, -0.25) is 4.90 Å². The molecule has 108 valence electrons. The molecule has 2 N–H and O–H groups in total. The average Bonchev–Trinajstić information content (AvgIpc) is 2.69. The Hall–Kier alpha value is -0.420. The molecule has 1 aliphatic rings. The van der Waals surface area contributed by atoms with Gasteiger partial charge in [0.2, 0.25) is 0 Å². The Kier molecular flexibility index (Phi) is 5.39. The number of rotatable bonds is 4. The Balaban J connectivity index is 2.20. The zero-order valence-electron chi connectivity index (χ0n) is 12.4. The van der Waals surface area contributed by atoms with Crippen LogP contribution in [0.15, 0.2) is 11.4 Å². The molecule has 1 aromatic heterocycles. The maximum Gasteiger partial charge on any atom is 0.0596 e. The van der Waals surface area contributed by atoms with Crippen LogP contribution in [-0.4, -0.2) is 49.1 Å². The second-order valence-corrected chi connectivity index (χ2v) is 6.63. The molecule has 0 aliphatic carbocycles. The minimum atomic E-state index is 0.237. The van der Waals surface area contributed by atoms with Crippen LogP contribution in [0.5, 0.6) is 0 Å². The predicted molar refractivity (Wildman–Crippen MR) is 83.8 cm³/mol. The molecule has 2 heterocycles. The summed E-state index contributed by atoms with van der Waals surface area (Å²) in [4.78, 5) is 6.51. The lowest BCUT2D eigenvalue weighted by Crippen LogP contribution is -2.42. The van der Waals surface area contributed by atoms with E-state index in [9.17, 15) is 0 Å². The lowest BCUT2D eigenvalue weighted by atomic mass is 10.0. The lowest BCUT2D eigenvalue weighted by molar-refractivity contribution is 0.177. The van der Waals surface area contributed by atoms with Gasteiger partial charge in [-0.15, -0.1) is 11.3 Å². The van der Waals surface area contributed by atoms with Gasteiger partial charge >= 0.3 is 0 Å². The molecule has 1 fully saturated rings. The fourth-order valence-corrected chi connectivity index (χ4v) is 4.02. The van der Waals surface area contributed by atoms with Crippen LogP contribution in [0.1, 0.15) is 36.2 Å². The van der Waals surface area contributed by atoms with Crippen LogP contribution in [0.25, 0.3) is 0 Å². The second-order valence-electron chi connectivity index (χ2n) is 5.68. The molecule has 2 unspecified atom stereocenters. The summed E-state index contributed by atoms with van der Waals surface area (Å²) in [5.74, 6) is 0. The zero-order valence-corrected chi connectivity index (χ0v) is 13.2. The van der Waals surface area contributed by atoms with Crippen molar-refractivity contribution in [1.82, 2.24) is 9.80 Å². The summed E-state index contributed by atoms with van der Waals surface area (Å²) in [5, 5.41) is 2.20. The van der Waals surface area contributed by atoms with Crippen molar-refractivity contribution < 1.29 is 0 Å². The van der Waals surface area contributed by atoms with E-state index in [1.807, 2.05) is 11.3 Å². The van der Waals surface area contributed by atoms with Crippen LogP contribution in [0.2, 0.25) is 0 Å². The van der Waals surface area contributed by atoms with Gasteiger partial charge in [-0.05, 0) is 50.4 Å². The van der Waals surface area contributed by atoms with E-state index in [1.165, 1.54) is 30.0 Å². The molecule has 0 radical (unpaired) electrons. The van der Waals surface area contributed by atoms with Crippen LogP contribution < -0.4 is 5.73 Å². The summed E-state index contributed by atoms with van der Waals surface area (Å²) >= 11 is 1.87. The third kappa shape index (κ3) is 3.57. The molecule has 19 heavy (non-hydrogen) atoms. The molecule has 0 bridgehead atoms. The molecule has 0 amide bonds. The van der Waals surface area contributed by atoms with Crippen LogP contribution in [0, 0.1) is 6.92 Å². The van der Waals surface area contributed by atoms with Gasteiger partial charge < -0.3 is 10.6 Å². The maximum atomic E-state index is 6.45. The van der Waals surface area contributed by atoms with Crippen molar-refractivity contribution in [3.63, 3.8) is 0 Å². The topological polar surface area (TPSA) is 32.5 Å². The molecule has 2 rings (SSSR count). The van der Waals surface area contributed by atoms with Gasteiger partial charge in [0.25, 0.3) is 0 Å². The number of likely N-dealkylation sites (N-methyl/N-ethyl adjacent to an activating group) is 1. The van der Waals surface area contributed by atoms with E-state index in [0.717, 1.165) is 19.5 Å². The van der Waals surface area contributed by atoms with Gasteiger partial charge in [0.15, 0.2) is 0 Å². The van der Waals surface area contributed by atoms with Crippen molar-refractivity contribution in [3.05, 3.63) is 21.9 Å². The largest absolute Gasteiger partial charge is 0.326 e. The highest BCUT2D eigenvalue weighted by atomic mass is 32.1. The molecule has 0 spiro atoms. The van der Waals surface area contributed by atoms with Crippen LogP contribution in [0.3, 0.4) is 0 Å². The summed E-state index contributed by atoms with van der Waals surface area (Å²) in [7, 11) is 2.22. The Morgan fingerprint density at radius 3 is 2.74 bits per heavy atom. The number of hydrogen-bond donors (Lipinski definition) is 1. The van der Waals surface area contributed by atoms with E-state index in [4.69, 9.17) is 5.73 Å². The normalized spacial score (nSPS) is 22.1. The minimum Gasteiger partial charge on any atom is -0.326 e. The summed E-state index contributed by atoms with van der Waals surface area (Å²) in [5.41, 5.74) is 7.84. The SMILES string of the molecule is CCC(N)C(c1sccc1C)N1CCCN(C)CC1. The van der Waals surface area contributed by atoms with Gasteiger partial charge in [0.05, 0.1) is 6.04 Å². The molecule has 3 nitrogen and oxygen atoms in total. The third-order valence-corrected chi connectivity index (χ3v) is 5.28. The second kappa shape index (κ2) is 6.84. The molecule has 4 heteroatoms. The van der Waals surface area contributed by atoms with E-state index in [2.05, 4.69) is 42.1 Å². The Labute approximate surface area is 121 Å². The fraction of sp³-hybridized carbons (Fsp3) is 0.733. The van der Waals surface area contributed by atoms with Gasteiger partial charge in [-0.25, -0.2) is 0 Å². The lowest BCUT2D eigenvalue weighted by Gasteiger charge is -2.34. The highest BCUT2D eigenvalue weighted by molar-refractivity contribution is 7.10. The Morgan fingerprint density at radius 1 is 1.32 bits per heavy atom. The smallest absolute Gasteiger partial charge is 0.0596 e. The minimum absolute atomic E-state index is 0.237. The molecule has 0 aromatic carbocycles. The third-order valence-electron chi connectivity index (χ3n) is 4.19. The highest BCUT2D eigenvalue weighted by Crippen LogP contribution is 2.32. The van der Waals surface area contributed by atoms with Crippen molar-refractivity contribution in [2.75, 3.05) is 33.2 Å². The first-order valence-corrected chi connectivity index (χ1v) is 8.23. The van der Waals surface area contributed by atoms with E-state index < -0.39 is 0 Å². The van der Waals surface area contributed by atoms with Crippen LogP contribution in [0.4, 0.5) is 0 Å². The number of thiophene rings is 1. The average molecular weight is 281 g/mol. The van der Waals surface area contributed by atoms with E-state index in [1.54, 1.807) is 0 Å². The van der Waals surface area contributed by atoms with E-state index in [-0.39, 0.29) is 6.04 Å². The number of hydrogen-bond acceptors (Lipinski definition) is 4. The summed E-state index contributed by atoms with van der Waals surface area (Å²) < 4.78 is 0. The Morgan fingerprint density at radius 2 is 2.11 bits per heavy atom. The molecule has 0 saturated carbocycles. The number of nitrogens with zero attached hydrogens (tertiary/aromatic N) is 2. The van der Waals surface area contributed by atoms with E-state index >= 15 is 0 Å². The van der Waals surface area contributed by atoms with Gasteiger partial charge in [-0.1, -0.05) is 6.92 Å². The molecule has 1 saturated heterocycles. The predicted octanol–water partition coefficient (Wildman–Crippen LogP) is 2.47. The fourth-order valence-electron chi connectivity index (χ4n) is 2.89. The molecule has 1 aliphatic heterocycles. The van der Waals surface area contributed by atoms with Crippen molar-refractivity contribution >= 4 is 11.3 Å². The Bertz CT molecular complexity index is 390. The van der Waals surface area contributed by atoms with Crippen LogP contribution in [-0.2, 0) is 0 Å². The summed E-state index contributed by atoms with van der Waals surface area (Å²) in [6, 6.07) is 2.86. The van der Waals surface area contributed by atoms with Crippen LogP contribution >= 0.6 is 11.3 Å². The summed E-state index contributed by atoms with van der Waals surface area (Å²) in [6.07, 6.45) is 2.28. The van der Waals surface area contributed by atoms with Crippen molar-refractivity contribution in [3.8, 4) is 0 Å². The first-order valence-electron chi connectivity index (χ1n) is 7.35. The van der Waals surface area contributed by atoms with Crippen molar-refractivity contribution in [1.29, 1.82) is 0 Å². The molecule has 2 atom stereocenters. The van der Waals surface area contributed by atoms with E-state index in [0.29, 0.717) is 6.04 Å². The highest BCUT2D eigenvalue weighted by Gasteiger charge is 2.28. The van der Waals surface area contributed by atoms with Gasteiger partial charge in [0.1, 0.15) is 0 Å². The standard InChI is InChI=1S/C15H27N3S/c1-4-13(16)14(15-12(2)6-11-19-15)18-8-5-7-17(3)9-10-18/h6,11,13-14H,4-5,7-10,16H2,1-3H3. The molecular formula is C15H27N3S. The first kappa shape index (κ1) is 15.0. The van der Waals surface area contributed by atoms with Crippen molar-refractivity contribution in [2.24, 2.45) is 5.73 Å². The van der Waals surface area contributed by atoms with Gasteiger partial charge in [0, 0.05) is 30.6 Å². The first-order chi connectivity index (χ1) is 9.13. The zero-order chi connectivity index (χ0) is 13.8. The number of nitrogens with two attached hydrogens (primary N) is 1. The monoisotopic (exact) mass is 281 g/mol. The number of aryl methyl sites for hydroxylation is 1.